The second-order valence-electron chi connectivity index (χ2n) is 14.5. The van der Waals surface area contributed by atoms with E-state index in [9.17, 15) is 0 Å². The standard InChI is InChI=1S/C51H36N4/c1-3-13-33(14-4-1)37-18-11-20-40(29-37)55-47-24-10-9-22-42(47)46-30-38-19-12-23-43(45(38)32-48(46)55)51-53-49(36-16-5-2-6-17-36)52-50(54-51)39-28-27-35-26-25-34-15-7-8-21-41(34)44(35)31-39/h1-32,49,51,53H,(H,52,54). The Morgan fingerprint density at radius 3 is 1.98 bits per heavy atom. The third kappa shape index (κ3) is 5.38. The van der Waals surface area contributed by atoms with E-state index in [1.54, 1.807) is 0 Å². The van der Waals surface area contributed by atoms with E-state index in [0.717, 1.165) is 22.6 Å². The highest BCUT2D eigenvalue weighted by Crippen LogP contribution is 2.38. The zero-order valence-electron chi connectivity index (χ0n) is 30.0. The molecule has 0 spiro atoms. The van der Waals surface area contributed by atoms with Gasteiger partial charge in [-0.1, -0.05) is 158 Å². The lowest BCUT2D eigenvalue weighted by Crippen LogP contribution is -2.45. The van der Waals surface area contributed by atoms with Crippen molar-refractivity contribution in [2.45, 2.75) is 12.3 Å². The molecule has 4 nitrogen and oxygen atoms in total. The Bertz CT molecular complexity index is 3110. The van der Waals surface area contributed by atoms with Gasteiger partial charge in [0.25, 0.3) is 0 Å². The summed E-state index contributed by atoms with van der Waals surface area (Å²) in [5.41, 5.74) is 9.28. The largest absolute Gasteiger partial charge is 0.350 e. The van der Waals surface area contributed by atoms with Gasteiger partial charge in [0, 0.05) is 22.0 Å². The number of hydrogen-bond acceptors (Lipinski definition) is 3. The molecular formula is C51H36N4. The highest BCUT2D eigenvalue weighted by molar-refractivity contribution is 6.14. The van der Waals surface area contributed by atoms with E-state index in [2.05, 4.69) is 209 Å². The maximum Gasteiger partial charge on any atom is 0.131 e. The molecule has 2 unspecified atom stereocenters. The minimum absolute atomic E-state index is 0.207. The summed E-state index contributed by atoms with van der Waals surface area (Å²) < 4.78 is 2.42. The first-order valence-electron chi connectivity index (χ1n) is 18.9. The van der Waals surface area contributed by atoms with Crippen LogP contribution in [-0.2, 0) is 0 Å². The molecule has 0 saturated heterocycles. The maximum atomic E-state index is 5.32. The topological polar surface area (TPSA) is 41.4 Å². The van der Waals surface area contributed by atoms with Gasteiger partial charge < -0.3 is 9.88 Å². The fraction of sp³-hybridized carbons (Fsp3) is 0.0392. The number of aliphatic imine (C=N–C) groups is 1. The molecule has 2 N–H and O–H groups in total. The van der Waals surface area contributed by atoms with Crippen molar-refractivity contribution < 1.29 is 0 Å². The highest BCUT2D eigenvalue weighted by atomic mass is 15.3. The molecule has 9 aromatic carbocycles. The van der Waals surface area contributed by atoms with Gasteiger partial charge in [-0.25, -0.2) is 4.99 Å². The van der Waals surface area contributed by atoms with E-state index in [1.807, 2.05) is 0 Å². The number of hydrogen-bond donors (Lipinski definition) is 2. The van der Waals surface area contributed by atoms with Crippen LogP contribution in [-0.4, -0.2) is 10.4 Å². The SMILES string of the molecule is c1ccc(-c2cccc(-n3c4ccccc4c4cc5cccc(C6NC(c7ccc8ccc9ccccc9c8c7)=NC(c7ccccc7)N6)c5cc43)c2)cc1. The molecule has 0 bridgehead atoms. The highest BCUT2D eigenvalue weighted by Gasteiger charge is 2.27. The zero-order valence-corrected chi connectivity index (χ0v) is 30.0. The van der Waals surface area contributed by atoms with Crippen molar-refractivity contribution in [3.63, 3.8) is 0 Å². The van der Waals surface area contributed by atoms with Crippen LogP contribution in [0.5, 0.6) is 0 Å². The summed E-state index contributed by atoms with van der Waals surface area (Å²) in [7, 11) is 0. The van der Waals surface area contributed by atoms with Crippen molar-refractivity contribution in [1.82, 2.24) is 15.2 Å². The summed E-state index contributed by atoms with van der Waals surface area (Å²) in [6, 6.07) is 70.0. The average molecular weight is 705 g/mol. The third-order valence-electron chi connectivity index (χ3n) is 11.2. The summed E-state index contributed by atoms with van der Waals surface area (Å²) in [6.45, 7) is 0. The monoisotopic (exact) mass is 704 g/mol. The van der Waals surface area contributed by atoms with Gasteiger partial charge in [0.05, 0.1) is 11.0 Å². The van der Waals surface area contributed by atoms with Crippen LogP contribution in [0.1, 0.15) is 29.0 Å². The van der Waals surface area contributed by atoms with E-state index in [4.69, 9.17) is 4.99 Å². The number of aromatic nitrogens is 1. The van der Waals surface area contributed by atoms with Crippen molar-refractivity contribution in [1.29, 1.82) is 0 Å². The molecular weight excluding hydrogens is 669 g/mol. The van der Waals surface area contributed by atoms with Gasteiger partial charge in [0.2, 0.25) is 0 Å². The number of para-hydroxylation sites is 1. The van der Waals surface area contributed by atoms with Gasteiger partial charge in [0.15, 0.2) is 0 Å². The van der Waals surface area contributed by atoms with Gasteiger partial charge in [-0.3, -0.25) is 5.32 Å². The van der Waals surface area contributed by atoms with Crippen LogP contribution in [0.15, 0.2) is 199 Å². The van der Waals surface area contributed by atoms with E-state index in [1.165, 1.54) is 70.8 Å². The van der Waals surface area contributed by atoms with Gasteiger partial charge in [-0.15, -0.1) is 0 Å². The predicted molar refractivity (Wildman–Crippen MR) is 230 cm³/mol. The van der Waals surface area contributed by atoms with Gasteiger partial charge in [-0.2, -0.15) is 0 Å². The summed E-state index contributed by atoms with van der Waals surface area (Å²) in [4.78, 5) is 5.32. The number of fused-ring (bicyclic) bond motifs is 7. The summed E-state index contributed by atoms with van der Waals surface area (Å²) in [5.74, 6) is 0.873. The molecule has 0 radical (unpaired) electrons. The van der Waals surface area contributed by atoms with Crippen LogP contribution >= 0.6 is 0 Å². The second kappa shape index (κ2) is 12.8. The number of amidine groups is 1. The summed E-state index contributed by atoms with van der Waals surface area (Å²) >= 11 is 0. The van der Waals surface area contributed by atoms with Crippen LogP contribution in [0.25, 0.3) is 70.9 Å². The molecule has 0 amide bonds. The first-order chi connectivity index (χ1) is 27.2. The molecule has 11 rings (SSSR count). The minimum Gasteiger partial charge on any atom is -0.350 e. The Balaban J connectivity index is 1.08. The number of nitrogens with zero attached hydrogens (tertiary/aromatic N) is 2. The van der Waals surface area contributed by atoms with Gasteiger partial charge >= 0.3 is 0 Å². The lowest BCUT2D eigenvalue weighted by atomic mass is 9.97. The van der Waals surface area contributed by atoms with Crippen molar-refractivity contribution in [2.24, 2.45) is 4.99 Å². The molecule has 1 aliphatic rings. The number of rotatable bonds is 5. The number of benzene rings is 9. The molecule has 1 aromatic heterocycles. The van der Waals surface area contributed by atoms with Crippen LogP contribution in [0.3, 0.4) is 0 Å². The quantitative estimate of drug-likeness (QED) is 0.175. The normalized spacial score (nSPS) is 15.8. The maximum absolute atomic E-state index is 5.32. The lowest BCUT2D eigenvalue weighted by molar-refractivity contribution is 0.411. The molecule has 2 atom stereocenters. The fourth-order valence-corrected chi connectivity index (χ4v) is 8.57. The Hall–Kier alpha value is -7.01. The van der Waals surface area contributed by atoms with Crippen LogP contribution in [0, 0.1) is 0 Å². The smallest absolute Gasteiger partial charge is 0.131 e. The van der Waals surface area contributed by atoms with Crippen LogP contribution in [0.4, 0.5) is 0 Å². The summed E-state index contributed by atoms with van der Waals surface area (Å²) in [5, 5.41) is 17.6. The van der Waals surface area contributed by atoms with Crippen molar-refractivity contribution in [3.8, 4) is 16.8 Å². The molecule has 55 heavy (non-hydrogen) atoms. The van der Waals surface area contributed by atoms with Gasteiger partial charge in [-0.05, 0) is 91.0 Å². The predicted octanol–water partition coefficient (Wildman–Crippen LogP) is 12.2. The van der Waals surface area contributed by atoms with E-state index in [-0.39, 0.29) is 12.3 Å². The summed E-state index contributed by atoms with van der Waals surface area (Å²) in [6.07, 6.45) is -0.446. The Morgan fingerprint density at radius 2 is 1.11 bits per heavy atom. The Kier molecular flexibility index (Phi) is 7.35. The van der Waals surface area contributed by atoms with Crippen molar-refractivity contribution in [2.75, 3.05) is 0 Å². The zero-order chi connectivity index (χ0) is 36.3. The lowest BCUT2D eigenvalue weighted by Gasteiger charge is -2.33. The fourth-order valence-electron chi connectivity index (χ4n) is 8.57. The molecule has 260 valence electrons. The molecule has 10 aromatic rings. The molecule has 0 saturated carbocycles. The first-order valence-corrected chi connectivity index (χ1v) is 18.9. The van der Waals surface area contributed by atoms with E-state index < -0.39 is 0 Å². The molecule has 0 aliphatic carbocycles. The molecule has 1 aliphatic heterocycles. The molecule has 4 heteroatoms. The van der Waals surface area contributed by atoms with Crippen molar-refractivity contribution in [3.05, 3.63) is 211 Å². The van der Waals surface area contributed by atoms with E-state index >= 15 is 0 Å². The molecule has 2 heterocycles. The van der Waals surface area contributed by atoms with Crippen LogP contribution < -0.4 is 10.6 Å². The number of nitrogens with one attached hydrogen (secondary N) is 2. The van der Waals surface area contributed by atoms with Crippen LogP contribution in [0.2, 0.25) is 0 Å². The Labute approximate surface area is 319 Å². The average Bonchev–Trinajstić information content (AvgIpc) is 3.58. The minimum atomic E-state index is -0.239. The Morgan fingerprint density at radius 1 is 0.418 bits per heavy atom. The first kappa shape index (κ1) is 31.5. The van der Waals surface area contributed by atoms with E-state index in [0.29, 0.717) is 0 Å². The third-order valence-corrected chi connectivity index (χ3v) is 11.2. The van der Waals surface area contributed by atoms with Gasteiger partial charge in [0.1, 0.15) is 18.2 Å². The second-order valence-corrected chi connectivity index (χ2v) is 14.5. The molecule has 0 fully saturated rings. The van der Waals surface area contributed by atoms with Crippen molar-refractivity contribution >= 4 is 60.0 Å².